The highest BCUT2D eigenvalue weighted by Crippen LogP contribution is 2.28. The highest BCUT2D eigenvalue weighted by molar-refractivity contribution is 7.92. The van der Waals surface area contributed by atoms with E-state index in [2.05, 4.69) is 0 Å². The van der Waals surface area contributed by atoms with Gasteiger partial charge in [0.05, 0.1) is 11.9 Å². The minimum absolute atomic E-state index is 0.188. The molecule has 134 valence electrons. The second-order valence-corrected chi connectivity index (χ2v) is 8.76. The van der Waals surface area contributed by atoms with Crippen molar-refractivity contribution in [3.8, 4) is 0 Å². The highest BCUT2D eigenvalue weighted by Gasteiger charge is 2.28. The van der Waals surface area contributed by atoms with Gasteiger partial charge in [0.15, 0.2) is 0 Å². The predicted molar refractivity (Wildman–Crippen MR) is 98.0 cm³/mol. The van der Waals surface area contributed by atoms with Crippen LogP contribution in [-0.2, 0) is 14.8 Å². The van der Waals surface area contributed by atoms with Gasteiger partial charge in [-0.05, 0) is 37.5 Å². The molecule has 2 rings (SSSR count). The molecule has 1 aliphatic rings. The molecule has 1 saturated carbocycles. The maximum absolute atomic E-state index is 12.7. The van der Waals surface area contributed by atoms with Gasteiger partial charge in [0, 0.05) is 18.1 Å². The van der Waals surface area contributed by atoms with E-state index in [0.717, 1.165) is 36.2 Å². The molecule has 0 aliphatic heterocycles. The average Bonchev–Trinajstić information content (AvgIpc) is 2.54. The van der Waals surface area contributed by atoms with Crippen molar-refractivity contribution in [3.63, 3.8) is 0 Å². The Kier molecular flexibility index (Phi) is 6.15. The van der Waals surface area contributed by atoms with Gasteiger partial charge in [0.1, 0.15) is 6.54 Å². The number of carbonyl (C=O) groups is 1. The zero-order valence-electron chi connectivity index (χ0n) is 14.5. The van der Waals surface area contributed by atoms with Crippen LogP contribution in [0, 0.1) is 6.92 Å². The first kappa shape index (κ1) is 19.1. The van der Waals surface area contributed by atoms with Crippen LogP contribution in [0.4, 0.5) is 5.69 Å². The Labute approximate surface area is 149 Å². The standard InChI is InChI=1S/C17H25ClN2O3S/c1-13-15(18)10-7-11-16(13)20(24(3,22)23)12-17(21)19(2)14-8-5-4-6-9-14/h7,10-11,14H,4-6,8-9,12H2,1-3H3. The van der Waals surface area contributed by atoms with Gasteiger partial charge in [-0.15, -0.1) is 0 Å². The number of halogens is 1. The number of benzene rings is 1. The van der Waals surface area contributed by atoms with Crippen molar-refractivity contribution in [1.29, 1.82) is 0 Å². The Morgan fingerprint density at radius 3 is 2.46 bits per heavy atom. The molecule has 1 aromatic carbocycles. The minimum atomic E-state index is -3.59. The van der Waals surface area contributed by atoms with Crippen LogP contribution in [0.5, 0.6) is 0 Å². The van der Waals surface area contributed by atoms with E-state index in [-0.39, 0.29) is 18.5 Å². The van der Waals surface area contributed by atoms with Gasteiger partial charge >= 0.3 is 0 Å². The molecule has 0 aromatic heterocycles. The van der Waals surface area contributed by atoms with E-state index < -0.39 is 10.0 Å². The van der Waals surface area contributed by atoms with Crippen LogP contribution in [0.2, 0.25) is 5.02 Å². The molecular formula is C17H25ClN2O3S. The predicted octanol–water partition coefficient (Wildman–Crippen LogP) is 3.21. The van der Waals surface area contributed by atoms with Gasteiger partial charge in [-0.25, -0.2) is 8.42 Å². The summed E-state index contributed by atoms with van der Waals surface area (Å²) in [6.07, 6.45) is 6.52. The van der Waals surface area contributed by atoms with E-state index in [1.54, 1.807) is 37.1 Å². The molecule has 0 atom stereocenters. The Balaban J connectivity index is 2.23. The second kappa shape index (κ2) is 7.74. The molecule has 0 spiro atoms. The summed E-state index contributed by atoms with van der Waals surface area (Å²) in [4.78, 5) is 14.4. The summed E-state index contributed by atoms with van der Waals surface area (Å²) in [5.74, 6) is -0.188. The van der Waals surface area contributed by atoms with Crippen LogP contribution < -0.4 is 4.31 Å². The highest BCUT2D eigenvalue weighted by atomic mass is 35.5. The normalized spacial score (nSPS) is 16.0. The van der Waals surface area contributed by atoms with E-state index in [4.69, 9.17) is 11.6 Å². The molecule has 1 aromatic rings. The first-order chi connectivity index (χ1) is 11.2. The number of rotatable bonds is 5. The van der Waals surface area contributed by atoms with Crippen molar-refractivity contribution in [1.82, 2.24) is 4.90 Å². The quantitative estimate of drug-likeness (QED) is 0.797. The smallest absolute Gasteiger partial charge is 0.243 e. The van der Waals surface area contributed by atoms with Crippen LogP contribution in [-0.4, -0.2) is 45.1 Å². The number of hydrogen-bond donors (Lipinski definition) is 0. The van der Waals surface area contributed by atoms with Crippen LogP contribution in [0.1, 0.15) is 37.7 Å². The zero-order chi connectivity index (χ0) is 17.9. The molecule has 1 aliphatic carbocycles. The molecule has 0 heterocycles. The van der Waals surface area contributed by atoms with Crippen molar-refractivity contribution in [2.24, 2.45) is 0 Å². The van der Waals surface area contributed by atoms with Crippen molar-refractivity contribution in [2.45, 2.75) is 45.1 Å². The van der Waals surface area contributed by atoms with Gasteiger partial charge in [-0.3, -0.25) is 9.10 Å². The Bertz CT molecular complexity index is 700. The number of nitrogens with zero attached hydrogens (tertiary/aromatic N) is 2. The molecule has 0 radical (unpaired) electrons. The first-order valence-electron chi connectivity index (χ1n) is 8.20. The molecule has 7 heteroatoms. The Morgan fingerprint density at radius 2 is 1.88 bits per heavy atom. The number of anilines is 1. The van der Waals surface area contributed by atoms with E-state index in [9.17, 15) is 13.2 Å². The molecular weight excluding hydrogens is 348 g/mol. The van der Waals surface area contributed by atoms with E-state index in [0.29, 0.717) is 16.3 Å². The first-order valence-corrected chi connectivity index (χ1v) is 10.4. The van der Waals surface area contributed by atoms with Crippen LogP contribution >= 0.6 is 11.6 Å². The molecule has 1 amide bonds. The van der Waals surface area contributed by atoms with Gasteiger partial charge < -0.3 is 4.90 Å². The third-order valence-electron chi connectivity index (χ3n) is 4.70. The van der Waals surface area contributed by atoms with Gasteiger partial charge in [-0.2, -0.15) is 0 Å². The zero-order valence-corrected chi connectivity index (χ0v) is 16.0. The average molecular weight is 373 g/mol. The minimum Gasteiger partial charge on any atom is -0.341 e. The fraction of sp³-hybridized carbons (Fsp3) is 0.588. The summed E-state index contributed by atoms with van der Waals surface area (Å²) < 4.78 is 25.6. The van der Waals surface area contributed by atoms with Crippen LogP contribution in [0.3, 0.4) is 0 Å². The monoisotopic (exact) mass is 372 g/mol. The Hall–Kier alpha value is -1.27. The molecule has 0 bridgehead atoms. The maximum atomic E-state index is 12.7. The lowest BCUT2D eigenvalue weighted by atomic mass is 9.94. The fourth-order valence-corrected chi connectivity index (χ4v) is 4.22. The topological polar surface area (TPSA) is 57.7 Å². The molecule has 0 unspecified atom stereocenters. The number of likely N-dealkylation sites (N-methyl/N-ethyl adjacent to an activating group) is 1. The lowest BCUT2D eigenvalue weighted by molar-refractivity contribution is -0.130. The molecule has 0 N–H and O–H groups in total. The van der Waals surface area contributed by atoms with E-state index in [1.165, 1.54) is 6.42 Å². The summed E-state index contributed by atoms with van der Waals surface area (Å²) in [5.41, 5.74) is 1.10. The number of sulfonamides is 1. The van der Waals surface area contributed by atoms with Crippen molar-refractivity contribution >= 4 is 33.2 Å². The third-order valence-corrected chi connectivity index (χ3v) is 6.24. The molecule has 5 nitrogen and oxygen atoms in total. The van der Waals surface area contributed by atoms with Crippen molar-refractivity contribution in [3.05, 3.63) is 28.8 Å². The van der Waals surface area contributed by atoms with Crippen molar-refractivity contribution in [2.75, 3.05) is 24.2 Å². The van der Waals surface area contributed by atoms with Crippen LogP contribution in [0.25, 0.3) is 0 Å². The Morgan fingerprint density at radius 1 is 1.25 bits per heavy atom. The lowest BCUT2D eigenvalue weighted by Gasteiger charge is -2.33. The van der Waals surface area contributed by atoms with Crippen LogP contribution in [0.15, 0.2) is 18.2 Å². The van der Waals surface area contributed by atoms with Gasteiger partial charge in [0.2, 0.25) is 15.9 Å². The molecule has 0 saturated heterocycles. The summed E-state index contributed by atoms with van der Waals surface area (Å²) in [6.45, 7) is 1.55. The summed E-state index contributed by atoms with van der Waals surface area (Å²) >= 11 is 6.11. The number of carbonyl (C=O) groups excluding carboxylic acids is 1. The molecule has 24 heavy (non-hydrogen) atoms. The number of amides is 1. The maximum Gasteiger partial charge on any atom is 0.243 e. The van der Waals surface area contributed by atoms with E-state index in [1.807, 2.05) is 0 Å². The largest absolute Gasteiger partial charge is 0.341 e. The van der Waals surface area contributed by atoms with E-state index >= 15 is 0 Å². The number of hydrogen-bond acceptors (Lipinski definition) is 3. The summed E-state index contributed by atoms with van der Waals surface area (Å²) in [5, 5.41) is 0.481. The second-order valence-electron chi connectivity index (χ2n) is 6.45. The van der Waals surface area contributed by atoms with Gasteiger partial charge in [0.25, 0.3) is 0 Å². The fourth-order valence-electron chi connectivity index (χ4n) is 3.15. The van der Waals surface area contributed by atoms with Gasteiger partial charge in [-0.1, -0.05) is 36.9 Å². The SMILES string of the molecule is Cc1c(Cl)cccc1N(CC(=O)N(C)C1CCCCC1)S(C)(=O)=O. The molecule has 1 fully saturated rings. The summed E-state index contributed by atoms with van der Waals surface area (Å²) in [6, 6.07) is 5.28. The van der Waals surface area contributed by atoms with Crippen molar-refractivity contribution < 1.29 is 13.2 Å². The third kappa shape index (κ3) is 4.42. The lowest BCUT2D eigenvalue weighted by Crippen LogP contribution is -2.45. The summed E-state index contributed by atoms with van der Waals surface area (Å²) in [7, 11) is -1.82.